The van der Waals surface area contributed by atoms with Crippen molar-refractivity contribution in [3.8, 4) is 0 Å². The Morgan fingerprint density at radius 3 is 2.81 bits per heavy atom. The molecule has 2 rings (SSSR count). The molecule has 5 nitrogen and oxygen atoms in total. The molecule has 0 aliphatic carbocycles. The van der Waals surface area contributed by atoms with Crippen LogP contribution < -0.4 is 5.32 Å². The van der Waals surface area contributed by atoms with Crippen LogP contribution in [-0.2, 0) is 11.3 Å². The fraction of sp³-hybridized carbons (Fsp3) is 0.750. The van der Waals surface area contributed by atoms with Gasteiger partial charge >= 0.3 is 0 Å². The van der Waals surface area contributed by atoms with Gasteiger partial charge in [-0.05, 0) is 40.3 Å². The summed E-state index contributed by atoms with van der Waals surface area (Å²) in [5, 5.41) is 3.47. The summed E-state index contributed by atoms with van der Waals surface area (Å²) >= 11 is 0. The van der Waals surface area contributed by atoms with Crippen LogP contribution in [0, 0.1) is 6.92 Å². The Labute approximate surface area is 128 Å². The number of hydrogen-bond acceptors (Lipinski definition) is 5. The van der Waals surface area contributed by atoms with Crippen molar-refractivity contribution in [1.82, 2.24) is 20.2 Å². The van der Waals surface area contributed by atoms with Crippen molar-refractivity contribution in [3.63, 3.8) is 0 Å². The number of aromatic nitrogens is 2. The fourth-order valence-electron chi connectivity index (χ4n) is 2.39. The van der Waals surface area contributed by atoms with E-state index in [4.69, 9.17) is 9.72 Å². The van der Waals surface area contributed by atoms with E-state index in [9.17, 15) is 0 Å². The first-order valence-electron chi connectivity index (χ1n) is 7.81. The van der Waals surface area contributed by atoms with Gasteiger partial charge in [-0.3, -0.25) is 4.90 Å². The van der Waals surface area contributed by atoms with Gasteiger partial charge in [0.25, 0.3) is 0 Å². The topological polar surface area (TPSA) is 50.3 Å². The second-order valence-electron chi connectivity index (χ2n) is 6.72. The van der Waals surface area contributed by atoms with Crippen LogP contribution in [-0.4, -0.2) is 46.6 Å². The summed E-state index contributed by atoms with van der Waals surface area (Å²) in [6, 6.07) is 2.04. The Kier molecular flexibility index (Phi) is 5.30. The molecule has 1 unspecified atom stereocenters. The number of rotatable bonds is 4. The summed E-state index contributed by atoms with van der Waals surface area (Å²) in [4.78, 5) is 11.7. The van der Waals surface area contributed by atoms with Gasteiger partial charge in [0.2, 0.25) is 0 Å². The molecular weight excluding hydrogens is 264 g/mol. The van der Waals surface area contributed by atoms with Gasteiger partial charge < -0.3 is 10.1 Å². The van der Waals surface area contributed by atoms with Gasteiger partial charge in [0.15, 0.2) is 5.82 Å². The van der Waals surface area contributed by atoms with Gasteiger partial charge in [-0.15, -0.1) is 0 Å². The van der Waals surface area contributed by atoms with Crippen molar-refractivity contribution in [2.75, 3.05) is 26.2 Å². The molecule has 0 bridgehead atoms. The van der Waals surface area contributed by atoms with Crippen LogP contribution >= 0.6 is 0 Å². The molecule has 1 fully saturated rings. The third-order valence-corrected chi connectivity index (χ3v) is 3.61. The van der Waals surface area contributed by atoms with Crippen LogP contribution in [0.15, 0.2) is 6.07 Å². The second kappa shape index (κ2) is 6.81. The van der Waals surface area contributed by atoms with Crippen LogP contribution in [0.4, 0.5) is 0 Å². The third-order valence-electron chi connectivity index (χ3n) is 3.61. The zero-order valence-corrected chi connectivity index (χ0v) is 13.9. The molecule has 21 heavy (non-hydrogen) atoms. The van der Waals surface area contributed by atoms with Crippen molar-refractivity contribution in [2.24, 2.45) is 0 Å². The Morgan fingerprint density at radius 2 is 2.14 bits per heavy atom. The number of nitrogens with zero attached hydrogens (tertiary/aromatic N) is 3. The van der Waals surface area contributed by atoms with E-state index in [1.54, 1.807) is 0 Å². The fourth-order valence-corrected chi connectivity index (χ4v) is 2.39. The molecule has 1 aliphatic heterocycles. The summed E-state index contributed by atoms with van der Waals surface area (Å²) in [5.41, 5.74) is 2.12. The van der Waals surface area contributed by atoms with Crippen LogP contribution in [0.25, 0.3) is 0 Å². The van der Waals surface area contributed by atoms with E-state index >= 15 is 0 Å². The van der Waals surface area contributed by atoms with Gasteiger partial charge in [-0.25, -0.2) is 9.97 Å². The van der Waals surface area contributed by atoms with E-state index in [1.807, 2.05) is 13.0 Å². The van der Waals surface area contributed by atoms with Gasteiger partial charge in [0, 0.05) is 30.9 Å². The molecule has 0 amide bonds. The highest BCUT2D eigenvalue weighted by atomic mass is 16.5. The highest BCUT2D eigenvalue weighted by Gasteiger charge is 2.24. The molecule has 0 aromatic carbocycles. The van der Waals surface area contributed by atoms with E-state index in [0.29, 0.717) is 0 Å². The summed E-state index contributed by atoms with van der Waals surface area (Å²) in [6.45, 7) is 15.1. The molecule has 2 heterocycles. The van der Waals surface area contributed by atoms with Crippen molar-refractivity contribution < 1.29 is 4.74 Å². The number of hydrogen-bond donors (Lipinski definition) is 1. The monoisotopic (exact) mass is 292 g/mol. The van der Waals surface area contributed by atoms with E-state index in [0.717, 1.165) is 50.0 Å². The number of morpholine rings is 1. The normalized spacial score (nSPS) is 20.7. The predicted octanol–water partition coefficient (Wildman–Crippen LogP) is 2.07. The molecule has 0 radical (unpaired) electrons. The number of aryl methyl sites for hydroxylation is 1. The van der Waals surface area contributed by atoms with Gasteiger partial charge in [0.05, 0.1) is 12.3 Å². The first-order chi connectivity index (χ1) is 9.87. The van der Waals surface area contributed by atoms with Gasteiger partial charge in [0.1, 0.15) is 6.10 Å². The van der Waals surface area contributed by atoms with Crippen LogP contribution in [0.2, 0.25) is 0 Å². The van der Waals surface area contributed by atoms with Gasteiger partial charge in [-0.1, -0.05) is 6.92 Å². The lowest BCUT2D eigenvalue weighted by atomic mass is 10.1. The number of nitrogens with one attached hydrogen (secondary N) is 1. The first kappa shape index (κ1) is 16.3. The lowest BCUT2D eigenvalue weighted by Crippen LogP contribution is -2.39. The van der Waals surface area contributed by atoms with Crippen molar-refractivity contribution in [1.29, 1.82) is 0 Å². The molecule has 1 saturated heterocycles. The lowest BCUT2D eigenvalue weighted by Gasteiger charge is -2.31. The summed E-state index contributed by atoms with van der Waals surface area (Å²) in [5.74, 6) is 0.818. The van der Waals surface area contributed by atoms with E-state index in [1.165, 1.54) is 0 Å². The van der Waals surface area contributed by atoms with E-state index in [-0.39, 0.29) is 11.6 Å². The van der Waals surface area contributed by atoms with Crippen LogP contribution in [0.5, 0.6) is 0 Å². The Hall–Kier alpha value is -1.04. The highest BCUT2D eigenvalue weighted by Crippen LogP contribution is 2.19. The molecule has 0 saturated carbocycles. The minimum Gasteiger partial charge on any atom is -0.368 e. The van der Waals surface area contributed by atoms with E-state index < -0.39 is 0 Å². The largest absolute Gasteiger partial charge is 0.368 e. The Bertz CT molecular complexity index is 470. The maximum atomic E-state index is 5.86. The number of ether oxygens (including phenoxy) is 1. The van der Waals surface area contributed by atoms with Gasteiger partial charge in [-0.2, -0.15) is 0 Å². The average molecular weight is 292 g/mol. The maximum Gasteiger partial charge on any atom is 0.158 e. The molecule has 118 valence electrons. The maximum absolute atomic E-state index is 5.86. The molecular formula is C16H28N4O. The SMILES string of the molecule is CCN1CCOC(c2nc(C)cc(CNC(C)(C)C)n2)C1. The molecule has 1 aromatic heterocycles. The molecule has 1 N–H and O–H groups in total. The quantitative estimate of drug-likeness (QED) is 0.920. The minimum atomic E-state index is -0.00742. The standard InChI is InChI=1S/C16H28N4O/c1-6-20-7-8-21-14(11-20)15-18-12(2)9-13(19-15)10-17-16(3,4)5/h9,14,17H,6-8,10-11H2,1-5H3. The highest BCUT2D eigenvalue weighted by molar-refractivity contribution is 5.12. The number of likely N-dealkylation sites (N-methyl/N-ethyl adjacent to an activating group) is 1. The first-order valence-corrected chi connectivity index (χ1v) is 7.81. The summed E-state index contributed by atoms with van der Waals surface area (Å²) < 4.78 is 5.86. The molecule has 1 aromatic rings. The predicted molar refractivity (Wildman–Crippen MR) is 84.2 cm³/mol. The molecule has 5 heteroatoms. The van der Waals surface area contributed by atoms with Crippen LogP contribution in [0.3, 0.4) is 0 Å². The Balaban J connectivity index is 2.11. The molecule has 1 aliphatic rings. The zero-order valence-electron chi connectivity index (χ0n) is 13.9. The van der Waals surface area contributed by atoms with Crippen LogP contribution in [0.1, 0.15) is 51.0 Å². The zero-order chi connectivity index (χ0) is 15.5. The minimum absolute atomic E-state index is 0.00742. The summed E-state index contributed by atoms with van der Waals surface area (Å²) in [6.07, 6.45) is -0.00742. The lowest BCUT2D eigenvalue weighted by molar-refractivity contribution is -0.0327. The average Bonchev–Trinajstić information content (AvgIpc) is 2.44. The van der Waals surface area contributed by atoms with Crippen molar-refractivity contribution in [2.45, 2.75) is 52.8 Å². The Morgan fingerprint density at radius 1 is 1.38 bits per heavy atom. The second-order valence-corrected chi connectivity index (χ2v) is 6.72. The smallest absolute Gasteiger partial charge is 0.158 e. The van der Waals surface area contributed by atoms with Crippen molar-refractivity contribution in [3.05, 3.63) is 23.3 Å². The third kappa shape index (κ3) is 5.02. The molecule has 1 atom stereocenters. The summed E-state index contributed by atoms with van der Waals surface area (Å²) in [7, 11) is 0. The molecule has 0 spiro atoms. The van der Waals surface area contributed by atoms with Crippen molar-refractivity contribution >= 4 is 0 Å². The van der Waals surface area contributed by atoms with E-state index in [2.05, 4.69) is 42.9 Å².